The molecular formula is C15H16N2O2. The van der Waals surface area contributed by atoms with Crippen LogP contribution in [-0.4, -0.2) is 23.7 Å². The molecule has 1 aromatic carbocycles. The predicted octanol–water partition coefficient (Wildman–Crippen LogP) is 2.52. The van der Waals surface area contributed by atoms with Crippen LogP contribution in [0.1, 0.15) is 29.3 Å². The maximum atomic E-state index is 10.9. The van der Waals surface area contributed by atoms with E-state index in [4.69, 9.17) is 0 Å². The molecule has 0 aliphatic rings. The van der Waals surface area contributed by atoms with Gasteiger partial charge in [-0.2, -0.15) is 0 Å². The van der Waals surface area contributed by atoms with Gasteiger partial charge < -0.3 is 10.3 Å². The van der Waals surface area contributed by atoms with Gasteiger partial charge in [0.25, 0.3) is 0 Å². The van der Waals surface area contributed by atoms with E-state index >= 15 is 0 Å². The SMILES string of the molecule is CC(=O)NCCC=Cc1ccc2[nH]cc(C=O)c2c1. The number of benzene rings is 1. The van der Waals surface area contributed by atoms with Crippen molar-refractivity contribution in [2.45, 2.75) is 13.3 Å². The number of hydrogen-bond acceptors (Lipinski definition) is 2. The molecule has 0 radical (unpaired) electrons. The lowest BCUT2D eigenvalue weighted by Gasteiger charge is -1.98. The normalized spacial score (nSPS) is 11.0. The number of fused-ring (bicyclic) bond motifs is 1. The van der Waals surface area contributed by atoms with Gasteiger partial charge in [-0.25, -0.2) is 0 Å². The third-order valence-electron chi connectivity index (χ3n) is 2.86. The Labute approximate surface area is 111 Å². The molecular weight excluding hydrogens is 240 g/mol. The van der Waals surface area contributed by atoms with E-state index in [0.717, 1.165) is 29.2 Å². The van der Waals surface area contributed by atoms with Crippen LogP contribution in [0, 0.1) is 0 Å². The number of rotatable bonds is 5. The van der Waals surface area contributed by atoms with Crippen molar-refractivity contribution in [3.8, 4) is 0 Å². The van der Waals surface area contributed by atoms with Crippen molar-refractivity contribution in [3.05, 3.63) is 41.6 Å². The molecule has 4 heteroatoms. The van der Waals surface area contributed by atoms with Crippen LogP contribution in [0.25, 0.3) is 17.0 Å². The van der Waals surface area contributed by atoms with Gasteiger partial charge in [-0.3, -0.25) is 9.59 Å². The molecule has 1 aromatic heterocycles. The zero-order valence-electron chi connectivity index (χ0n) is 10.8. The highest BCUT2D eigenvalue weighted by molar-refractivity contribution is 5.98. The van der Waals surface area contributed by atoms with Gasteiger partial charge in [-0.1, -0.05) is 18.2 Å². The van der Waals surface area contributed by atoms with E-state index in [9.17, 15) is 9.59 Å². The number of aromatic amines is 1. The molecule has 0 aliphatic carbocycles. The Morgan fingerprint density at radius 3 is 3.00 bits per heavy atom. The first-order chi connectivity index (χ1) is 9.20. The molecule has 2 aromatic rings. The van der Waals surface area contributed by atoms with Crippen molar-refractivity contribution in [2.75, 3.05) is 6.54 Å². The van der Waals surface area contributed by atoms with Crippen LogP contribution in [0.5, 0.6) is 0 Å². The van der Waals surface area contributed by atoms with Gasteiger partial charge in [-0.15, -0.1) is 0 Å². The number of amides is 1. The topological polar surface area (TPSA) is 62.0 Å². The van der Waals surface area contributed by atoms with Crippen molar-refractivity contribution < 1.29 is 9.59 Å². The summed E-state index contributed by atoms with van der Waals surface area (Å²) in [5.74, 6) is -0.0160. The summed E-state index contributed by atoms with van der Waals surface area (Å²) < 4.78 is 0. The summed E-state index contributed by atoms with van der Waals surface area (Å²) in [7, 11) is 0. The molecule has 0 saturated heterocycles. The number of carbonyl (C=O) groups is 2. The van der Waals surface area contributed by atoms with Crippen LogP contribution in [0.2, 0.25) is 0 Å². The molecule has 0 bridgehead atoms. The lowest BCUT2D eigenvalue weighted by molar-refractivity contribution is -0.118. The van der Waals surface area contributed by atoms with Crippen LogP contribution in [-0.2, 0) is 4.79 Å². The summed E-state index contributed by atoms with van der Waals surface area (Å²) in [5, 5.41) is 3.66. The van der Waals surface area contributed by atoms with Crippen molar-refractivity contribution >= 4 is 29.2 Å². The minimum atomic E-state index is -0.0160. The highest BCUT2D eigenvalue weighted by Crippen LogP contribution is 2.19. The Kier molecular flexibility index (Phi) is 4.13. The average molecular weight is 256 g/mol. The zero-order chi connectivity index (χ0) is 13.7. The van der Waals surface area contributed by atoms with Crippen LogP contribution in [0.4, 0.5) is 0 Å². The van der Waals surface area contributed by atoms with Crippen molar-refractivity contribution in [2.24, 2.45) is 0 Å². The second kappa shape index (κ2) is 6.00. The molecule has 0 aliphatic heterocycles. The molecule has 98 valence electrons. The quantitative estimate of drug-likeness (QED) is 0.638. The number of hydrogen-bond donors (Lipinski definition) is 2. The van der Waals surface area contributed by atoms with E-state index in [1.54, 1.807) is 6.20 Å². The number of H-pyrrole nitrogens is 1. The Hall–Kier alpha value is -2.36. The summed E-state index contributed by atoms with van der Waals surface area (Å²) in [6.45, 7) is 2.14. The maximum Gasteiger partial charge on any atom is 0.216 e. The second-order valence-electron chi connectivity index (χ2n) is 4.34. The lowest BCUT2D eigenvalue weighted by atomic mass is 10.1. The van der Waals surface area contributed by atoms with Gasteiger partial charge in [0.15, 0.2) is 6.29 Å². The molecule has 1 amide bonds. The van der Waals surface area contributed by atoms with Gasteiger partial charge in [0.05, 0.1) is 0 Å². The molecule has 0 fully saturated rings. The molecule has 19 heavy (non-hydrogen) atoms. The van der Waals surface area contributed by atoms with E-state index in [2.05, 4.69) is 10.3 Å². The van der Waals surface area contributed by atoms with Crippen molar-refractivity contribution in [3.63, 3.8) is 0 Å². The fraction of sp³-hybridized carbons (Fsp3) is 0.200. The zero-order valence-corrected chi connectivity index (χ0v) is 10.8. The Balaban J connectivity index is 2.06. The van der Waals surface area contributed by atoms with Gasteiger partial charge in [0, 0.05) is 36.1 Å². The number of nitrogens with one attached hydrogen (secondary N) is 2. The Morgan fingerprint density at radius 1 is 1.42 bits per heavy atom. The van der Waals surface area contributed by atoms with Crippen LogP contribution in [0.3, 0.4) is 0 Å². The second-order valence-corrected chi connectivity index (χ2v) is 4.34. The number of aromatic nitrogens is 1. The average Bonchev–Trinajstić information content (AvgIpc) is 2.80. The van der Waals surface area contributed by atoms with Crippen LogP contribution < -0.4 is 5.32 Å². The molecule has 0 saturated carbocycles. The molecule has 0 spiro atoms. The summed E-state index contributed by atoms with van der Waals surface area (Å²) in [5.41, 5.74) is 2.67. The Morgan fingerprint density at radius 2 is 2.26 bits per heavy atom. The molecule has 1 heterocycles. The first-order valence-corrected chi connectivity index (χ1v) is 6.18. The fourth-order valence-corrected chi connectivity index (χ4v) is 1.91. The molecule has 0 atom stereocenters. The van der Waals surface area contributed by atoms with Crippen molar-refractivity contribution in [1.29, 1.82) is 0 Å². The van der Waals surface area contributed by atoms with Crippen molar-refractivity contribution in [1.82, 2.24) is 10.3 Å². The van der Waals surface area contributed by atoms with E-state index in [0.29, 0.717) is 12.1 Å². The van der Waals surface area contributed by atoms with E-state index < -0.39 is 0 Å². The monoisotopic (exact) mass is 256 g/mol. The van der Waals surface area contributed by atoms with Gasteiger partial charge in [0.2, 0.25) is 5.91 Å². The van der Waals surface area contributed by atoms with Crippen LogP contribution >= 0.6 is 0 Å². The third-order valence-corrected chi connectivity index (χ3v) is 2.86. The summed E-state index contributed by atoms with van der Waals surface area (Å²) in [6.07, 6.45) is 7.34. The van der Waals surface area contributed by atoms with Crippen LogP contribution in [0.15, 0.2) is 30.5 Å². The fourth-order valence-electron chi connectivity index (χ4n) is 1.91. The maximum absolute atomic E-state index is 10.9. The van der Waals surface area contributed by atoms with E-state index in [1.165, 1.54) is 6.92 Å². The van der Waals surface area contributed by atoms with Gasteiger partial charge >= 0.3 is 0 Å². The lowest BCUT2D eigenvalue weighted by Crippen LogP contribution is -2.20. The summed E-state index contributed by atoms with van der Waals surface area (Å²) >= 11 is 0. The first kappa shape index (κ1) is 13.1. The first-order valence-electron chi connectivity index (χ1n) is 6.18. The molecule has 2 rings (SSSR count). The van der Waals surface area contributed by atoms with E-state index in [1.807, 2.05) is 30.4 Å². The van der Waals surface area contributed by atoms with Gasteiger partial charge in [0.1, 0.15) is 0 Å². The predicted molar refractivity (Wildman–Crippen MR) is 76.0 cm³/mol. The molecule has 2 N–H and O–H groups in total. The Bertz CT molecular complexity index is 626. The molecule has 0 unspecified atom stereocenters. The largest absolute Gasteiger partial charge is 0.360 e. The molecule has 4 nitrogen and oxygen atoms in total. The van der Waals surface area contributed by atoms with E-state index in [-0.39, 0.29) is 5.91 Å². The third kappa shape index (κ3) is 3.31. The smallest absolute Gasteiger partial charge is 0.216 e. The minimum absolute atomic E-state index is 0.0160. The highest BCUT2D eigenvalue weighted by atomic mass is 16.1. The highest BCUT2D eigenvalue weighted by Gasteiger charge is 2.02. The summed E-state index contributed by atoms with van der Waals surface area (Å²) in [4.78, 5) is 24.6. The standard InChI is InChI=1S/C15H16N2O2/c1-11(19)16-7-3-2-4-12-5-6-15-14(8-12)13(10-18)9-17-15/h2,4-6,8-10,17H,3,7H2,1H3,(H,16,19). The summed E-state index contributed by atoms with van der Waals surface area (Å²) in [6, 6.07) is 5.92. The number of aldehydes is 1. The minimum Gasteiger partial charge on any atom is -0.360 e. The van der Waals surface area contributed by atoms with Gasteiger partial charge in [-0.05, 0) is 24.1 Å². The number of carbonyl (C=O) groups excluding carboxylic acids is 2.